The lowest BCUT2D eigenvalue weighted by Crippen LogP contribution is -2.29. The first kappa shape index (κ1) is 15.9. The average Bonchev–Trinajstić information content (AvgIpc) is 2.85. The highest BCUT2D eigenvalue weighted by molar-refractivity contribution is 7.80. The van der Waals surface area contributed by atoms with Crippen LogP contribution in [-0.2, 0) is 0 Å². The lowest BCUT2D eigenvalue weighted by Gasteiger charge is -2.12. The van der Waals surface area contributed by atoms with Crippen molar-refractivity contribution in [3.63, 3.8) is 0 Å². The van der Waals surface area contributed by atoms with E-state index in [1.807, 2.05) is 19.1 Å². The molecule has 3 nitrogen and oxygen atoms in total. The van der Waals surface area contributed by atoms with Gasteiger partial charge in [0.2, 0.25) is 0 Å². The Balaban J connectivity index is 1.96. The van der Waals surface area contributed by atoms with E-state index in [0.29, 0.717) is 11.0 Å². The van der Waals surface area contributed by atoms with Gasteiger partial charge in [0.15, 0.2) is 5.11 Å². The molecule has 0 aliphatic carbocycles. The number of hydrogen-bond donors (Lipinski definition) is 2. The van der Waals surface area contributed by atoms with Crippen LogP contribution in [0.3, 0.4) is 0 Å². The number of thiazole rings is 1. The summed E-state index contributed by atoms with van der Waals surface area (Å²) in [6, 6.07) is 8.17. The molecule has 0 fully saturated rings. The Bertz CT molecular complexity index is 605. The minimum absolute atomic E-state index is 0.669. The molecule has 0 atom stereocenters. The Kier molecular flexibility index (Phi) is 5.70. The van der Waals surface area contributed by atoms with Crippen molar-refractivity contribution in [3.8, 4) is 11.3 Å². The number of nitrogens with zero attached hydrogens (tertiary/aromatic N) is 1. The molecule has 112 valence electrons. The predicted molar refractivity (Wildman–Crippen MR) is 96.0 cm³/mol. The molecule has 2 aromatic rings. The standard InChI is InChI=1S/C16H21N3S2/c1-11(2)7-8-17-16(20)19-14-6-4-5-13(9-14)15-10-21-12(3)18-15/h4-6,9-11H,7-8H2,1-3H3,(H2,17,19,20). The van der Waals surface area contributed by atoms with Gasteiger partial charge in [-0.25, -0.2) is 4.98 Å². The summed E-state index contributed by atoms with van der Waals surface area (Å²) >= 11 is 6.98. The van der Waals surface area contributed by atoms with E-state index in [-0.39, 0.29) is 0 Å². The Morgan fingerprint density at radius 3 is 2.86 bits per heavy atom. The first-order chi connectivity index (χ1) is 10.0. The molecule has 21 heavy (non-hydrogen) atoms. The predicted octanol–water partition coefficient (Wildman–Crippen LogP) is 4.45. The van der Waals surface area contributed by atoms with Crippen molar-refractivity contribution in [2.75, 3.05) is 11.9 Å². The lowest BCUT2D eigenvalue weighted by atomic mass is 10.1. The summed E-state index contributed by atoms with van der Waals surface area (Å²) in [6.45, 7) is 7.33. The van der Waals surface area contributed by atoms with Crippen LogP contribution in [0.1, 0.15) is 25.3 Å². The topological polar surface area (TPSA) is 37.0 Å². The number of aromatic nitrogens is 1. The van der Waals surface area contributed by atoms with E-state index >= 15 is 0 Å². The molecule has 2 N–H and O–H groups in total. The molecule has 0 radical (unpaired) electrons. The Hall–Kier alpha value is -1.46. The van der Waals surface area contributed by atoms with Gasteiger partial charge in [0, 0.05) is 23.2 Å². The van der Waals surface area contributed by atoms with Crippen LogP contribution >= 0.6 is 23.6 Å². The third kappa shape index (κ3) is 5.10. The van der Waals surface area contributed by atoms with Crippen molar-refractivity contribution in [3.05, 3.63) is 34.7 Å². The number of aryl methyl sites for hydroxylation is 1. The van der Waals surface area contributed by atoms with E-state index in [4.69, 9.17) is 12.2 Å². The zero-order chi connectivity index (χ0) is 15.2. The molecule has 0 unspecified atom stereocenters. The molecular weight excluding hydrogens is 298 g/mol. The van der Waals surface area contributed by atoms with E-state index in [1.165, 1.54) is 0 Å². The number of hydrogen-bond acceptors (Lipinski definition) is 3. The van der Waals surface area contributed by atoms with Gasteiger partial charge in [-0.05, 0) is 43.6 Å². The van der Waals surface area contributed by atoms with Gasteiger partial charge in [-0.3, -0.25) is 0 Å². The summed E-state index contributed by atoms with van der Waals surface area (Å²) in [4.78, 5) is 4.51. The molecule has 1 heterocycles. The van der Waals surface area contributed by atoms with Crippen molar-refractivity contribution in [2.45, 2.75) is 27.2 Å². The molecule has 5 heteroatoms. The third-order valence-electron chi connectivity index (χ3n) is 3.04. The van der Waals surface area contributed by atoms with E-state index in [2.05, 4.69) is 47.0 Å². The quantitative estimate of drug-likeness (QED) is 0.798. The summed E-state index contributed by atoms with van der Waals surface area (Å²) in [5, 5.41) is 10.3. The number of rotatable bonds is 5. The second-order valence-electron chi connectivity index (χ2n) is 5.40. The SMILES string of the molecule is Cc1nc(-c2cccc(NC(=S)NCCC(C)C)c2)cs1. The maximum absolute atomic E-state index is 5.32. The summed E-state index contributed by atoms with van der Waals surface area (Å²) in [6.07, 6.45) is 1.11. The van der Waals surface area contributed by atoms with E-state index in [1.54, 1.807) is 11.3 Å². The zero-order valence-electron chi connectivity index (χ0n) is 12.6. The van der Waals surface area contributed by atoms with Gasteiger partial charge in [0.1, 0.15) is 0 Å². The number of benzene rings is 1. The van der Waals surface area contributed by atoms with Crippen LogP contribution in [0.25, 0.3) is 11.3 Å². The molecule has 0 saturated carbocycles. The normalized spacial score (nSPS) is 10.7. The van der Waals surface area contributed by atoms with Crippen LogP contribution in [0.2, 0.25) is 0 Å². The fourth-order valence-corrected chi connectivity index (χ4v) is 2.74. The summed E-state index contributed by atoms with van der Waals surface area (Å²) in [5.74, 6) is 0.677. The van der Waals surface area contributed by atoms with Gasteiger partial charge in [-0.15, -0.1) is 11.3 Å². The van der Waals surface area contributed by atoms with Gasteiger partial charge >= 0.3 is 0 Å². The van der Waals surface area contributed by atoms with Crippen molar-refractivity contribution < 1.29 is 0 Å². The minimum Gasteiger partial charge on any atom is -0.362 e. The third-order valence-corrected chi connectivity index (χ3v) is 4.06. The molecule has 2 rings (SSSR count). The number of thiocarbonyl (C=S) groups is 1. The van der Waals surface area contributed by atoms with Crippen LogP contribution < -0.4 is 10.6 Å². The highest BCUT2D eigenvalue weighted by atomic mass is 32.1. The first-order valence-electron chi connectivity index (χ1n) is 7.12. The molecular formula is C16H21N3S2. The molecule has 0 bridgehead atoms. The minimum atomic E-state index is 0.669. The largest absolute Gasteiger partial charge is 0.362 e. The molecule has 1 aromatic heterocycles. The second kappa shape index (κ2) is 7.52. The van der Waals surface area contributed by atoms with Crippen molar-refractivity contribution in [1.82, 2.24) is 10.3 Å². The molecule has 1 aromatic carbocycles. The highest BCUT2D eigenvalue weighted by Gasteiger charge is 2.04. The number of anilines is 1. The van der Waals surface area contributed by atoms with Crippen molar-refractivity contribution >= 4 is 34.4 Å². The van der Waals surface area contributed by atoms with Crippen LogP contribution in [0, 0.1) is 12.8 Å². The van der Waals surface area contributed by atoms with Gasteiger partial charge in [0.25, 0.3) is 0 Å². The van der Waals surface area contributed by atoms with Gasteiger partial charge < -0.3 is 10.6 Å². The van der Waals surface area contributed by atoms with Gasteiger partial charge in [-0.2, -0.15) is 0 Å². The monoisotopic (exact) mass is 319 g/mol. The second-order valence-corrected chi connectivity index (χ2v) is 6.87. The molecule has 0 spiro atoms. The van der Waals surface area contributed by atoms with Gasteiger partial charge in [-0.1, -0.05) is 26.0 Å². The van der Waals surface area contributed by atoms with Crippen LogP contribution in [0.5, 0.6) is 0 Å². The van der Waals surface area contributed by atoms with Crippen LogP contribution in [0.15, 0.2) is 29.6 Å². The molecule has 0 saturated heterocycles. The Morgan fingerprint density at radius 2 is 2.19 bits per heavy atom. The zero-order valence-corrected chi connectivity index (χ0v) is 14.3. The Labute approximate surface area is 135 Å². The smallest absolute Gasteiger partial charge is 0.170 e. The molecule has 0 aliphatic rings. The maximum Gasteiger partial charge on any atom is 0.170 e. The van der Waals surface area contributed by atoms with E-state index in [9.17, 15) is 0 Å². The summed E-state index contributed by atoms with van der Waals surface area (Å²) in [7, 11) is 0. The fraction of sp³-hybridized carbons (Fsp3) is 0.375. The molecule has 0 aliphatic heterocycles. The van der Waals surface area contributed by atoms with Crippen LogP contribution in [-0.4, -0.2) is 16.6 Å². The van der Waals surface area contributed by atoms with E-state index in [0.717, 1.165) is 34.9 Å². The van der Waals surface area contributed by atoms with Gasteiger partial charge in [0.05, 0.1) is 10.7 Å². The van der Waals surface area contributed by atoms with Crippen molar-refractivity contribution in [1.29, 1.82) is 0 Å². The van der Waals surface area contributed by atoms with Crippen molar-refractivity contribution in [2.24, 2.45) is 5.92 Å². The Morgan fingerprint density at radius 1 is 1.38 bits per heavy atom. The maximum atomic E-state index is 5.32. The van der Waals surface area contributed by atoms with E-state index < -0.39 is 0 Å². The molecule has 0 amide bonds. The fourth-order valence-electron chi connectivity index (χ4n) is 1.90. The van der Waals surface area contributed by atoms with Crippen LogP contribution in [0.4, 0.5) is 5.69 Å². The summed E-state index contributed by atoms with van der Waals surface area (Å²) < 4.78 is 0. The lowest BCUT2D eigenvalue weighted by molar-refractivity contribution is 0.579. The average molecular weight is 319 g/mol. The number of nitrogens with one attached hydrogen (secondary N) is 2. The summed E-state index contributed by atoms with van der Waals surface area (Å²) in [5.41, 5.74) is 3.11. The highest BCUT2D eigenvalue weighted by Crippen LogP contribution is 2.24. The first-order valence-corrected chi connectivity index (χ1v) is 8.41.